The third kappa shape index (κ3) is 6.62. The molecule has 3 aromatic heterocycles. The van der Waals surface area contributed by atoms with E-state index in [2.05, 4.69) is 43.6 Å². The lowest BCUT2D eigenvalue weighted by atomic mass is 9.96. The Hall–Kier alpha value is -5.32. The van der Waals surface area contributed by atoms with Crippen molar-refractivity contribution in [2.24, 2.45) is 13.0 Å². The van der Waals surface area contributed by atoms with Crippen molar-refractivity contribution in [1.82, 2.24) is 30.0 Å². The highest BCUT2D eigenvalue weighted by molar-refractivity contribution is 6.04. The molecule has 0 bridgehead atoms. The molecule has 2 N–H and O–H groups in total. The summed E-state index contributed by atoms with van der Waals surface area (Å²) in [5.74, 6) is 1.60. The zero-order valence-electron chi connectivity index (χ0n) is 25.9. The smallest absolute Gasteiger partial charge is 0.255 e. The molecule has 0 saturated carbocycles. The summed E-state index contributed by atoms with van der Waals surface area (Å²) in [6, 6.07) is 15.1. The van der Waals surface area contributed by atoms with Crippen LogP contribution in [0.5, 0.6) is 11.6 Å². The number of carbonyl (C=O) groups excluding carboxylic acids is 2. The molecule has 0 unspecified atom stereocenters. The fourth-order valence-corrected chi connectivity index (χ4v) is 5.61. The van der Waals surface area contributed by atoms with Gasteiger partial charge in [0.1, 0.15) is 11.1 Å². The molecule has 11 heteroatoms. The summed E-state index contributed by atoms with van der Waals surface area (Å²) in [6.07, 6.45) is 7.12. The van der Waals surface area contributed by atoms with Crippen molar-refractivity contribution in [3.63, 3.8) is 0 Å². The van der Waals surface area contributed by atoms with Gasteiger partial charge in [-0.05, 0) is 86.2 Å². The van der Waals surface area contributed by atoms with Gasteiger partial charge in [-0.3, -0.25) is 19.3 Å². The number of amides is 2. The molecule has 6 rings (SSSR count). The zero-order chi connectivity index (χ0) is 31.5. The Bertz CT molecular complexity index is 1860. The van der Waals surface area contributed by atoms with Crippen molar-refractivity contribution in [2.45, 2.75) is 33.6 Å². The normalized spacial score (nSPS) is 13.6. The van der Waals surface area contributed by atoms with Gasteiger partial charge in [0.2, 0.25) is 11.8 Å². The topological polar surface area (TPSA) is 127 Å². The van der Waals surface area contributed by atoms with E-state index in [0.29, 0.717) is 40.0 Å². The molecule has 11 nitrogen and oxygen atoms in total. The number of carbonyl (C=O) groups is 2. The van der Waals surface area contributed by atoms with E-state index < -0.39 is 0 Å². The molecule has 0 spiro atoms. The standard InChI is InChI=1S/C34H36N8O3/c1-21-7-8-25(17-30(21)45-34-28-20-37-41(4)32(28)39-31(40-34)26-6-5-13-35-19-26)33(44)38-27-9-10-29(22(2)16-27)42-14-11-24(12-15-42)18-36-23(3)43/h5-10,13,16-17,19-20,24H,11-12,14-15,18H2,1-4H3,(H,36,43)(H,38,44). The number of benzene rings is 2. The van der Waals surface area contributed by atoms with Crippen LogP contribution < -0.4 is 20.3 Å². The molecule has 1 fully saturated rings. The SMILES string of the molecule is CC(=O)NCC1CCN(c2ccc(NC(=O)c3ccc(C)c(Oc4nc(-c5cccnc5)nc5c4cnn5C)c3)cc2C)CC1. The van der Waals surface area contributed by atoms with Crippen LogP contribution in [0.15, 0.2) is 67.1 Å². The highest BCUT2D eigenvalue weighted by Gasteiger charge is 2.21. The number of rotatable bonds is 8. The van der Waals surface area contributed by atoms with Crippen molar-refractivity contribution in [3.05, 3.63) is 83.8 Å². The summed E-state index contributed by atoms with van der Waals surface area (Å²) in [5, 5.41) is 11.0. The van der Waals surface area contributed by atoms with E-state index in [9.17, 15) is 9.59 Å². The van der Waals surface area contributed by atoms with E-state index in [4.69, 9.17) is 9.72 Å². The molecule has 0 radical (unpaired) electrons. The van der Waals surface area contributed by atoms with E-state index >= 15 is 0 Å². The monoisotopic (exact) mass is 604 g/mol. The largest absolute Gasteiger partial charge is 0.438 e. The second kappa shape index (κ2) is 12.7. The van der Waals surface area contributed by atoms with Gasteiger partial charge in [0.05, 0.1) is 6.20 Å². The van der Waals surface area contributed by atoms with E-state index in [-0.39, 0.29) is 11.8 Å². The molecule has 45 heavy (non-hydrogen) atoms. The Kier molecular flexibility index (Phi) is 8.41. The van der Waals surface area contributed by atoms with Gasteiger partial charge < -0.3 is 20.3 Å². The predicted molar refractivity (Wildman–Crippen MR) is 174 cm³/mol. The zero-order valence-corrected chi connectivity index (χ0v) is 25.9. The maximum Gasteiger partial charge on any atom is 0.255 e. The molecule has 4 heterocycles. The van der Waals surface area contributed by atoms with E-state index in [0.717, 1.165) is 60.5 Å². The maximum absolute atomic E-state index is 13.4. The molecule has 2 amide bonds. The third-order valence-corrected chi connectivity index (χ3v) is 8.18. The Morgan fingerprint density at radius 2 is 1.82 bits per heavy atom. The number of ether oxygens (including phenoxy) is 1. The Morgan fingerprint density at radius 3 is 2.56 bits per heavy atom. The first kappa shape index (κ1) is 29.7. The molecule has 1 saturated heterocycles. The summed E-state index contributed by atoms with van der Waals surface area (Å²) >= 11 is 0. The van der Waals surface area contributed by atoms with Gasteiger partial charge in [0.25, 0.3) is 5.91 Å². The lowest BCUT2D eigenvalue weighted by Crippen LogP contribution is -2.38. The molecule has 230 valence electrons. The summed E-state index contributed by atoms with van der Waals surface area (Å²) in [6.45, 7) is 8.15. The van der Waals surface area contributed by atoms with Gasteiger partial charge in [0, 0.05) is 68.5 Å². The molecule has 1 aliphatic heterocycles. The summed E-state index contributed by atoms with van der Waals surface area (Å²) in [4.78, 5) is 40.6. The van der Waals surface area contributed by atoms with Gasteiger partial charge in [-0.25, -0.2) is 4.98 Å². The highest BCUT2D eigenvalue weighted by atomic mass is 16.5. The van der Waals surface area contributed by atoms with Gasteiger partial charge in [-0.2, -0.15) is 10.1 Å². The second-order valence-corrected chi connectivity index (χ2v) is 11.5. The third-order valence-electron chi connectivity index (χ3n) is 8.18. The van der Waals surface area contributed by atoms with Crippen LogP contribution in [0.1, 0.15) is 41.3 Å². The maximum atomic E-state index is 13.4. The quantitative estimate of drug-likeness (QED) is 0.240. The average Bonchev–Trinajstić information content (AvgIpc) is 3.42. The predicted octanol–water partition coefficient (Wildman–Crippen LogP) is 5.44. The Labute approximate surface area is 261 Å². The highest BCUT2D eigenvalue weighted by Crippen LogP contribution is 2.33. The number of hydrogen-bond donors (Lipinski definition) is 2. The Balaban J connectivity index is 1.17. The average molecular weight is 605 g/mol. The van der Waals surface area contributed by atoms with Crippen LogP contribution in [0.4, 0.5) is 11.4 Å². The number of pyridine rings is 1. The number of aromatic nitrogens is 5. The first-order valence-corrected chi connectivity index (χ1v) is 15.0. The molecule has 2 aromatic carbocycles. The van der Waals surface area contributed by atoms with Crippen molar-refractivity contribution in [3.8, 4) is 23.0 Å². The number of nitrogens with zero attached hydrogens (tertiary/aromatic N) is 6. The molecule has 0 aliphatic carbocycles. The number of nitrogens with one attached hydrogen (secondary N) is 2. The summed E-state index contributed by atoms with van der Waals surface area (Å²) in [7, 11) is 1.81. The van der Waals surface area contributed by atoms with Crippen LogP contribution in [-0.2, 0) is 11.8 Å². The van der Waals surface area contributed by atoms with Crippen LogP contribution in [0.2, 0.25) is 0 Å². The summed E-state index contributed by atoms with van der Waals surface area (Å²) < 4.78 is 8.02. The first-order chi connectivity index (χ1) is 21.7. The van der Waals surface area contributed by atoms with E-state index in [1.54, 1.807) is 42.3 Å². The number of piperidine rings is 1. The minimum absolute atomic E-state index is 0.0209. The molecule has 5 aromatic rings. The van der Waals surface area contributed by atoms with Crippen LogP contribution in [0.3, 0.4) is 0 Å². The van der Waals surface area contributed by atoms with Gasteiger partial charge >= 0.3 is 0 Å². The van der Waals surface area contributed by atoms with Crippen molar-refractivity contribution < 1.29 is 14.3 Å². The van der Waals surface area contributed by atoms with Gasteiger partial charge in [0.15, 0.2) is 11.5 Å². The Morgan fingerprint density at radius 1 is 1.00 bits per heavy atom. The lowest BCUT2D eigenvalue weighted by molar-refractivity contribution is -0.119. The number of hydrogen-bond acceptors (Lipinski definition) is 8. The molecular formula is C34H36N8O3. The molecule has 0 atom stereocenters. The van der Waals surface area contributed by atoms with E-state index in [1.165, 1.54) is 0 Å². The van der Waals surface area contributed by atoms with Crippen molar-refractivity contribution in [1.29, 1.82) is 0 Å². The molecule has 1 aliphatic rings. The minimum Gasteiger partial charge on any atom is -0.438 e. The fraction of sp³-hybridized carbons (Fsp3) is 0.294. The van der Waals surface area contributed by atoms with E-state index in [1.807, 2.05) is 44.3 Å². The molecular weight excluding hydrogens is 568 g/mol. The summed E-state index contributed by atoms with van der Waals surface area (Å²) in [5.41, 5.74) is 5.66. The number of fused-ring (bicyclic) bond motifs is 1. The minimum atomic E-state index is -0.240. The first-order valence-electron chi connectivity index (χ1n) is 15.0. The van der Waals surface area contributed by atoms with Crippen LogP contribution >= 0.6 is 0 Å². The van der Waals surface area contributed by atoms with Gasteiger partial charge in [-0.15, -0.1) is 0 Å². The van der Waals surface area contributed by atoms with Crippen molar-refractivity contribution in [2.75, 3.05) is 29.9 Å². The van der Waals surface area contributed by atoms with Gasteiger partial charge in [-0.1, -0.05) is 6.07 Å². The van der Waals surface area contributed by atoms with Crippen LogP contribution in [-0.4, -0.2) is 56.2 Å². The fourth-order valence-electron chi connectivity index (χ4n) is 5.61. The van der Waals surface area contributed by atoms with Crippen molar-refractivity contribution >= 4 is 34.2 Å². The second-order valence-electron chi connectivity index (χ2n) is 11.5. The lowest BCUT2D eigenvalue weighted by Gasteiger charge is -2.34. The van der Waals surface area contributed by atoms with Crippen LogP contribution in [0, 0.1) is 19.8 Å². The number of aryl methyl sites for hydroxylation is 3. The van der Waals surface area contributed by atoms with Crippen LogP contribution in [0.25, 0.3) is 22.4 Å². The number of anilines is 2.